The molecule has 8 heteroatoms. The fourth-order valence-electron chi connectivity index (χ4n) is 1.41. The zero-order valence-corrected chi connectivity index (χ0v) is 10.4. The Balaban J connectivity index is 2.19. The minimum atomic E-state index is -1.09. The molecule has 0 saturated heterocycles. The smallest absolute Gasteiger partial charge is 0.326 e. The van der Waals surface area contributed by atoms with E-state index in [9.17, 15) is 9.59 Å². The summed E-state index contributed by atoms with van der Waals surface area (Å²) in [6, 6.07) is -1.46. The van der Waals surface area contributed by atoms with Gasteiger partial charge in [0, 0.05) is 13.0 Å². The van der Waals surface area contributed by atoms with Crippen molar-refractivity contribution in [1.82, 2.24) is 25.8 Å². The molecule has 1 unspecified atom stereocenters. The molecule has 1 aromatic rings. The van der Waals surface area contributed by atoms with Gasteiger partial charge in [0.05, 0.1) is 0 Å². The van der Waals surface area contributed by atoms with Gasteiger partial charge in [-0.25, -0.2) is 14.6 Å². The Labute approximate surface area is 110 Å². The van der Waals surface area contributed by atoms with E-state index in [1.807, 2.05) is 0 Å². The van der Waals surface area contributed by atoms with E-state index in [-0.39, 0.29) is 6.42 Å². The van der Waals surface area contributed by atoms with Crippen molar-refractivity contribution < 1.29 is 14.7 Å². The summed E-state index contributed by atoms with van der Waals surface area (Å²) in [4.78, 5) is 26.2. The summed E-state index contributed by atoms with van der Waals surface area (Å²) in [5.74, 6) is -0.339. The molecule has 0 spiro atoms. The van der Waals surface area contributed by atoms with Crippen molar-refractivity contribution in [3.8, 4) is 0 Å². The van der Waals surface area contributed by atoms with Crippen molar-refractivity contribution >= 4 is 12.0 Å². The molecular formula is C11H17N5O3. The van der Waals surface area contributed by atoms with Crippen LogP contribution in [-0.4, -0.2) is 44.9 Å². The highest BCUT2D eigenvalue weighted by Crippen LogP contribution is 1.94. The standard InChI is InChI=1S/C11H17N5O3/c1-2-4-8(10(17)18)15-11(19)12-6-3-5-9-13-7-14-16-9/h2,7-8H,1,3-6H2,(H,17,18)(H2,12,15,19)(H,13,14,16). The normalized spacial score (nSPS) is 11.6. The van der Waals surface area contributed by atoms with Crippen LogP contribution in [-0.2, 0) is 11.2 Å². The number of nitrogens with zero attached hydrogens (tertiary/aromatic N) is 2. The highest BCUT2D eigenvalue weighted by Gasteiger charge is 2.17. The molecule has 1 atom stereocenters. The number of nitrogens with one attached hydrogen (secondary N) is 3. The number of hydrogen-bond acceptors (Lipinski definition) is 4. The van der Waals surface area contributed by atoms with Gasteiger partial charge >= 0.3 is 12.0 Å². The zero-order chi connectivity index (χ0) is 14.1. The maximum Gasteiger partial charge on any atom is 0.326 e. The SMILES string of the molecule is C=CCC(NC(=O)NCCCc1ncn[nH]1)C(=O)O. The maximum absolute atomic E-state index is 11.4. The molecule has 0 fully saturated rings. The maximum atomic E-state index is 11.4. The van der Waals surface area contributed by atoms with E-state index in [1.54, 1.807) is 0 Å². The van der Waals surface area contributed by atoms with Crippen molar-refractivity contribution in [1.29, 1.82) is 0 Å². The number of aromatic amines is 1. The molecule has 19 heavy (non-hydrogen) atoms. The molecule has 0 saturated carbocycles. The summed E-state index contributed by atoms with van der Waals surface area (Å²) >= 11 is 0. The molecule has 1 aromatic heterocycles. The summed E-state index contributed by atoms with van der Waals surface area (Å²) in [6.45, 7) is 3.87. The molecule has 0 radical (unpaired) electrons. The van der Waals surface area contributed by atoms with Gasteiger partial charge in [-0.05, 0) is 12.8 Å². The van der Waals surface area contributed by atoms with Crippen LogP contribution >= 0.6 is 0 Å². The second kappa shape index (κ2) is 7.85. The number of rotatable bonds is 8. The quantitative estimate of drug-likeness (QED) is 0.392. The number of H-pyrrole nitrogens is 1. The van der Waals surface area contributed by atoms with E-state index in [0.29, 0.717) is 19.4 Å². The minimum absolute atomic E-state index is 0.181. The van der Waals surface area contributed by atoms with Crippen LogP contribution in [0.1, 0.15) is 18.7 Å². The molecule has 104 valence electrons. The van der Waals surface area contributed by atoms with Gasteiger partial charge in [0.15, 0.2) is 0 Å². The van der Waals surface area contributed by atoms with Crippen LogP contribution < -0.4 is 10.6 Å². The number of carboxylic acids is 1. The van der Waals surface area contributed by atoms with Crippen LogP contribution in [0.4, 0.5) is 4.79 Å². The van der Waals surface area contributed by atoms with Crippen LogP contribution in [0, 0.1) is 0 Å². The van der Waals surface area contributed by atoms with Crippen LogP contribution in [0.25, 0.3) is 0 Å². The average molecular weight is 267 g/mol. The lowest BCUT2D eigenvalue weighted by Crippen LogP contribution is -2.46. The van der Waals surface area contributed by atoms with Crippen molar-refractivity contribution in [3.63, 3.8) is 0 Å². The molecule has 1 heterocycles. The molecule has 2 amide bonds. The lowest BCUT2D eigenvalue weighted by Gasteiger charge is -2.13. The number of carboxylic acid groups (broad SMARTS) is 1. The number of urea groups is 1. The predicted molar refractivity (Wildman–Crippen MR) is 67.5 cm³/mol. The molecular weight excluding hydrogens is 250 g/mol. The van der Waals surface area contributed by atoms with Gasteiger partial charge in [0.1, 0.15) is 18.2 Å². The Morgan fingerprint density at radius 2 is 2.37 bits per heavy atom. The van der Waals surface area contributed by atoms with E-state index in [2.05, 4.69) is 32.4 Å². The van der Waals surface area contributed by atoms with Gasteiger partial charge in [-0.3, -0.25) is 5.10 Å². The van der Waals surface area contributed by atoms with Crippen LogP contribution in [0.3, 0.4) is 0 Å². The zero-order valence-electron chi connectivity index (χ0n) is 10.4. The number of carbonyl (C=O) groups is 2. The molecule has 4 N–H and O–H groups in total. The molecule has 0 aliphatic carbocycles. The molecule has 0 aromatic carbocycles. The predicted octanol–water partition coefficient (Wildman–Crippen LogP) is 0.0658. The van der Waals surface area contributed by atoms with Crippen molar-refractivity contribution in [3.05, 3.63) is 24.8 Å². The lowest BCUT2D eigenvalue weighted by atomic mass is 10.2. The van der Waals surface area contributed by atoms with Crippen molar-refractivity contribution in [2.24, 2.45) is 0 Å². The van der Waals surface area contributed by atoms with E-state index in [1.165, 1.54) is 12.4 Å². The number of amides is 2. The Hall–Kier alpha value is -2.38. The molecule has 0 aliphatic heterocycles. The van der Waals surface area contributed by atoms with Crippen LogP contribution in [0.5, 0.6) is 0 Å². The lowest BCUT2D eigenvalue weighted by molar-refractivity contribution is -0.139. The number of aliphatic carboxylic acids is 1. The first-order valence-electron chi connectivity index (χ1n) is 5.85. The van der Waals surface area contributed by atoms with E-state index in [0.717, 1.165) is 5.82 Å². The first-order chi connectivity index (χ1) is 9.13. The molecule has 0 aliphatic rings. The summed E-state index contributed by atoms with van der Waals surface area (Å²) < 4.78 is 0. The highest BCUT2D eigenvalue weighted by molar-refractivity contribution is 5.82. The van der Waals surface area contributed by atoms with Gasteiger partial charge in [0.25, 0.3) is 0 Å². The number of hydrogen-bond donors (Lipinski definition) is 4. The Morgan fingerprint density at radius 1 is 1.58 bits per heavy atom. The summed E-state index contributed by atoms with van der Waals surface area (Å²) in [5.41, 5.74) is 0. The third-order valence-corrected chi connectivity index (χ3v) is 2.35. The number of aromatic nitrogens is 3. The number of carbonyl (C=O) groups excluding carboxylic acids is 1. The van der Waals surface area contributed by atoms with Crippen LogP contribution in [0.2, 0.25) is 0 Å². The average Bonchev–Trinajstić information content (AvgIpc) is 2.87. The largest absolute Gasteiger partial charge is 0.480 e. The van der Waals surface area contributed by atoms with E-state index < -0.39 is 18.0 Å². The van der Waals surface area contributed by atoms with Crippen molar-refractivity contribution in [2.75, 3.05) is 6.54 Å². The molecule has 1 rings (SSSR count). The third-order valence-electron chi connectivity index (χ3n) is 2.35. The van der Waals surface area contributed by atoms with Gasteiger partial charge < -0.3 is 15.7 Å². The van der Waals surface area contributed by atoms with Gasteiger partial charge in [-0.15, -0.1) is 6.58 Å². The first-order valence-corrected chi connectivity index (χ1v) is 5.85. The first kappa shape index (κ1) is 14.7. The minimum Gasteiger partial charge on any atom is -0.480 e. The monoisotopic (exact) mass is 267 g/mol. The number of aryl methyl sites for hydroxylation is 1. The van der Waals surface area contributed by atoms with Crippen LogP contribution in [0.15, 0.2) is 19.0 Å². The van der Waals surface area contributed by atoms with Crippen molar-refractivity contribution in [2.45, 2.75) is 25.3 Å². The molecule has 0 bridgehead atoms. The topological polar surface area (TPSA) is 120 Å². The second-order valence-electron chi connectivity index (χ2n) is 3.85. The van der Waals surface area contributed by atoms with Gasteiger partial charge in [0.2, 0.25) is 0 Å². The summed E-state index contributed by atoms with van der Waals surface area (Å²) in [6.07, 6.45) is 4.39. The highest BCUT2D eigenvalue weighted by atomic mass is 16.4. The summed E-state index contributed by atoms with van der Waals surface area (Å²) in [5, 5.41) is 20.2. The second-order valence-corrected chi connectivity index (χ2v) is 3.85. The fourth-order valence-corrected chi connectivity index (χ4v) is 1.41. The van der Waals surface area contributed by atoms with E-state index in [4.69, 9.17) is 5.11 Å². The third kappa shape index (κ3) is 5.66. The van der Waals surface area contributed by atoms with Gasteiger partial charge in [-0.1, -0.05) is 6.08 Å². The van der Waals surface area contributed by atoms with Gasteiger partial charge in [-0.2, -0.15) is 5.10 Å². The Bertz CT molecular complexity index is 418. The Morgan fingerprint density at radius 3 is 2.95 bits per heavy atom. The van der Waals surface area contributed by atoms with E-state index >= 15 is 0 Å². The summed E-state index contributed by atoms with van der Waals surface area (Å²) in [7, 11) is 0. The molecule has 8 nitrogen and oxygen atoms in total. The fraction of sp³-hybridized carbons (Fsp3) is 0.455. The Kier molecular flexibility index (Phi) is 6.07.